The Morgan fingerprint density at radius 1 is 1.23 bits per heavy atom. The minimum Gasteiger partial charge on any atom is -0.490 e. The molecule has 1 saturated heterocycles. The van der Waals surface area contributed by atoms with Gasteiger partial charge in [0, 0.05) is 37.4 Å². The van der Waals surface area contributed by atoms with Gasteiger partial charge in [-0.15, -0.1) is 24.0 Å². The van der Waals surface area contributed by atoms with E-state index in [0.29, 0.717) is 25.0 Å². The van der Waals surface area contributed by atoms with Crippen LogP contribution in [-0.4, -0.2) is 42.7 Å². The lowest BCUT2D eigenvalue weighted by Crippen LogP contribution is -2.44. The lowest BCUT2D eigenvalue weighted by atomic mass is 9.96. The topological polar surface area (TPSA) is 61.8 Å². The van der Waals surface area contributed by atoms with Gasteiger partial charge in [0.1, 0.15) is 5.75 Å². The predicted octanol–water partition coefficient (Wildman–Crippen LogP) is 4.10. The number of aromatic nitrogens is 1. The summed E-state index contributed by atoms with van der Waals surface area (Å²) >= 11 is 0. The lowest BCUT2D eigenvalue weighted by molar-refractivity contribution is 0.119. The van der Waals surface area contributed by atoms with Gasteiger partial charge in [-0.05, 0) is 50.8 Å². The smallest absolute Gasteiger partial charge is 0.191 e. The predicted molar refractivity (Wildman–Crippen MR) is 133 cm³/mol. The van der Waals surface area contributed by atoms with Crippen molar-refractivity contribution in [2.45, 2.75) is 51.3 Å². The molecule has 1 aromatic carbocycles. The molecule has 168 valence electrons. The maximum atomic E-state index is 14.0. The highest BCUT2D eigenvalue weighted by Crippen LogP contribution is 2.28. The van der Waals surface area contributed by atoms with Crippen LogP contribution in [0.1, 0.15) is 38.2 Å². The van der Waals surface area contributed by atoms with Crippen molar-refractivity contribution >= 4 is 35.8 Å². The minimum atomic E-state index is -0.276. The van der Waals surface area contributed by atoms with Gasteiger partial charge >= 0.3 is 0 Å². The number of benzene rings is 1. The standard InChI is InChI=1S/C23H30FN5O.HI/c1-2-25-23(27-15-17-7-3-4-11-21(17)30-19-8-5-9-19)28-18-12-14-29(16-18)22-20(24)10-6-13-26-22;/h3-4,6-7,10-11,13,18-19H,2,5,8-9,12,14-16H2,1H3,(H2,25,27,28);1H. The van der Waals surface area contributed by atoms with Crippen LogP contribution < -0.4 is 20.3 Å². The minimum absolute atomic E-state index is 0. The Hall–Kier alpha value is -2.10. The van der Waals surface area contributed by atoms with E-state index in [0.717, 1.165) is 49.6 Å². The molecule has 1 aliphatic carbocycles. The number of rotatable bonds is 7. The quantitative estimate of drug-likeness (QED) is 0.315. The van der Waals surface area contributed by atoms with Crippen LogP contribution in [0.3, 0.4) is 0 Å². The van der Waals surface area contributed by atoms with Gasteiger partial charge in [-0.1, -0.05) is 18.2 Å². The summed E-state index contributed by atoms with van der Waals surface area (Å²) in [7, 11) is 0. The number of halogens is 2. The molecular formula is C23H31FIN5O. The molecule has 1 saturated carbocycles. The summed E-state index contributed by atoms with van der Waals surface area (Å²) in [6, 6.07) is 11.4. The third kappa shape index (κ3) is 6.21. The van der Waals surface area contributed by atoms with Crippen LogP contribution in [0.25, 0.3) is 0 Å². The summed E-state index contributed by atoms with van der Waals surface area (Å²) in [5.41, 5.74) is 1.09. The van der Waals surface area contributed by atoms with Gasteiger partial charge < -0.3 is 20.3 Å². The normalized spacial score (nSPS) is 18.8. The van der Waals surface area contributed by atoms with E-state index < -0.39 is 0 Å². The fourth-order valence-electron chi connectivity index (χ4n) is 3.78. The fraction of sp³-hybridized carbons (Fsp3) is 0.478. The summed E-state index contributed by atoms with van der Waals surface area (Å²) in [6.07, 6.45) is 6.40. The first-order valence-electron chi connectivity index (χ1n) is 10.9. The number of nitrogens with zero attached hydrogens (tertiary/aromatic N) is 3. The Morgan fingerprint density at radius 2 is 2.06 bits per heavy atom. The van der Waals surface area contributed by atoms with Crippen LogP contribution in [0.15, 0.2) is 47.6 Å². The number of aliphatic imine (C=N–C) groups is 1. The molecule has 0 spiro atoms. The summed E-state index contributed by atoms with van der Waals surface area (Å²) in [6.45, 7) is 4.83. The van der Waals surface area contributed by atoms with Crippen LogP contribution in [0, 0.1) is 5.82 Å². The molecule has 6 nitrogen and oxygen atoms in total. The molecule has 0 bridgehead atoms. The molecule has 0 amide bonds. The highest BCUT2D eigenvalue weighted by atomic mass is 127. The number of pyridine rings is 1. The van der Waals surface area contributed by atoms with Crippen molar-refractivity contribution < 1.29 is 9.13 Å². The monoisotopic (exact) mass is 539 g/mol. The molecule has 2 aliphatic rings. The van der Waals surface area contributed by atoms with Gasteiger partial charge in [0.25, 0.3) is 0 Å². The molecule has 1 atom stereocenters. The van der Waals surface area contributed by atoms with Gasteiger partial charge in [0.05, 0.1) is 12.6 Å². The first-order valence-corrected chi connectivity index (χ1v) is 10.9. The van der Waals surface area contributed by atoms with Gasteiger partial charge in [-0.25, -0.2) is 14.4 Å². The van der Waals surface area contributed by atoms with Crippen molar-refractivity contribution in [2.24, 2.45) is 4.99 Å². The first-order chi connectivity index (χ1) is 14.7. The van der Waals surface area contributed by atoms with Gasteiger partial charge in [0.15, 0.2) is 17.6 Å². The average molecular weight is 539 g/mol. The number of ether oxygens (including phenoxy) is 1. The second kappa shape index (κ2) is 11.5. The Bertz CT molecular complexity index is 877. The van der Waals surface area contributed by atoms with E-state index in [1.165, 1.54) is 12.5 Å². The number of hydrogen-bond donors (Lipinski definition) is 2. The summed E-state index contributed by atoms with van der Waals surface area (Å²) in [5, 5.41) is 6.81. The van der Waals surface area contributed by atoms with Gasteiger partial charge in [0.2, 0.25) is 0 Å². The lowest BCUT2D eigenvalue weighted by Gasteiger charge is -2.27. The third-order valence-electron chi connectivity index (χ3n) is 5.64. The Morgan fingerprint density at radius 3 is 2.81 bits per heavy atom. The van der Waals surface area contributed by atoms with Crippen LogP contribution in [-0.2, 0) is 6.54 Å². The molecule has 1 aromatic heterocycles. The van der Waals surface area contributed by atoms with Crippen molar-refractivity contribution in [1.29, 1.82) is 0 Å². The molecule has 1 aliphatic heterocycles. The SMILES string of the molecule is CCNC(=NCc1ccccc1OC1CCC1)NC1CCN(c2ncccc2F)C1.I. The van der Waals surface area contributed by atoms with E-state index in [4.69, 9.17) is 9.73 Å². The van der Waals surface area contributed by atoms with Crippen molar-refractivity contribution in [2.75, 3.05) is 24.5 Å². The summed E-state index contributed by atoms with van der Waals surface area (Å²) in [5.74, 6) is 1.84. The van der Waals surface area contributed by atoms with Gasteiger partial charge in [-0.2, -0.15) is 0 Å². The average Bonchev–Trinajstić information content (AvgIpc) is 3.18. The fourth-order valence-corrected chi connectivity index (χ4v) is 3.78. The number of hydrogen-bond acceptors (Lipinski definition) is 4. The van der Waals surface area contributed by atoms with Crippen LogP contribution in [0.2, 0.25) is 0 Å². The molecule has 2 heterocycles. The van der Waals surface area contributed by atoms with E-state index in [-0.39, 0.29) is 35.8 Å². The zero-order chi connectivity index (χ0) is 20.8. The zero-order valence-corrected chi connectivity index (χ0v) is 20.2. The molecule has 1 unspecified atom stereocenters. The van der Waals surface area contributed by atoms with Crippen molar-refractivity contribution in [3.05, 3.63) is 54.0 Å². The number of anilines is 1. The van der Waals surface area contributed by atoms with Gasteiger partial charge in [-0.3, -0.25) is 0 Å². The highest BCUT2D eigenvalue weighted by molar-refractivity contribution is 14.0. The van der Waals surface area contributed by atoms with E-state index in [9.17, 15) is 4.39 Å². The van der Waals surface area contributed by atoms with Crippen LogP contribution in [0.5, 0.6) is 5.75 Å². The van der Waals surface area contributed by atoms with Crippen LogP contribution in [0.4, 0.5) is 10.2 Å². The molecule has 0 radical (unpaired) electrons. The molecule has 2 fully saturated rings. The zero-order valence-electron chi connectivity index (χ0n) is 17.9. The molecule has 31 heavy (non-hydrogen) atoms. The van der Waals surface area contributed by atoms with E-state index in [1.807, 2.05) is 23.1 Å². The van der Waals surface area contributed by atoms with Crippen molar-refractivity contribution in [3.63, 3.8) is 0 Å². The van der Waals surface area contributed by atoms with Crippen molar-refractivity contribution in [1.82, 2.24) is 15.6 Å². The van der Waals surface area contributed by atoms with Crippen molar-refractivity contribution in [3.8, 4) is 5.75 Å². The maximum absolute atomic E-state index is 14.0. The number of guanidine groups is 1. The summed E-state index contributed by atoms with van der Waals surface area (Å²) < 4.78 is 20.2. The Balaban J connectivity index is 0.00000272. The second-order valence-corrected chi connectivity index (χ2v) is 7.86. The number of nitrogens with one attached hydrogen (secondary N) is 2. The van der Waals surface area contributed by atoms with E-state index in [2.05, 4.69) is 28.6 Å². The summed E-state index contributed by atoms with van der Waals surface area (Å²) in [4.78, 5) is 11.0. The molecular weight excluding hydrogens is 508 g/mol. The number of para-hydroxylation sites is 1. The van der Waals surface area contributed by atoms with E-state index >= 15 is 0 Å². The molecule has 2 N–H and O–H groups in total. The second-order valence-electron chi connectivity index (χ2n) is 7.86. The largest absolute Gasteiger partial charge is 0.490 e. The highest BCUT2D eigenvalue weighted by Gasteiger charge is 2.26. The first kappa shape index (κ1) is 23.6. The maximum Gasteiger partial charge on any atom is 0.191 e. The third-order valence-corrected chi connectivity index (χ3v) is 5.64. The Kier molecular flexibility index (Phi) is 8.74. The van der Waals surface area contributed by atoms with Crippen LogP contribution >= 0.6 is 24.0 Å². The molecule has 2 aromatic rings. The molecule has 8 heteroatoms. The molecule has 4 rings (SSSR count). The van der Waals surface area contributed by atoms with E-state index in [1.54, 1.807) is 12.3 Å². The Labute approximate surface area is 200 Å².